The number of benzene rings is 2. The third kappa shape index (κ3) is 4.81. The molecule has 35 heavy (non-hydrogen) atoms. The average Bonchev–Trinajstić information content (AvgIpc) is 3.49. The largest absolute Gasteiger partial charge is 0.459 e. The Morgan fingerprint density at radius 1 is 1.06 bits per heavy atom. The Morgan fingerprint density at radius 3 is 2.60 bits per heavy atom. The van der Waals surface area contributed by atoms with Gasteiger partial charge in [0.05, 0.1) is 0 Å². The van der Waals surface area contributed by atoms with Gasteiger partial charge in [0.1, 0.15) is 23.7 Å². The fraction of sp³-hybridized carbons (Fsp3) is 0.179. The Hall–Kier alpha value is -3.97. The molecule has 4 aromatic rings. The molecule has 2 aromatic heterocycles. The maximum atomic E-state index is 13.3. The molecule has 1 aliphatic heterocycles. The quantitative estimate of drug-likeness (QED) is 0.279. The fourth-order valence-electron chi connectivity index (χ4n) is 4.00. The topological polar surface area (TPSA) is 74.8 Å². The number of hydrogen-bond donors (Lipinski definition) is 1. The van der Waals surface area contributed by atoms with Crippen LogP contribution >= 0.6 is 11.3 Å². The highest BCUT2D eigenvalue weighted by molar-refractivity contribution is 7.17. The van der Waals surface area contributed by atoms with Crippen molar-refractivity contribution < 1.29 is 14.3 Å². The normalized spacial score (nSPS) is 15.6. The second kappa shape index (κ2) is 9.00. The lowest BCUT2D eigenvalue weighted by Crippen LogP contribution is -2.39. The van der Waals surface area contributed by atoms with Crippen molar-refractivity contribution in [2.24, 2.45) is 4.99 Å². The van der Waals surface area contributed by atoms with E-state index in [4.69, 9.17) is 4.74 Å². The molecular formula is C28H25N3O3S. The summed E-state index contributed by atoms with van der Waals surface area (Å²) in [6.07, 6.45) is 7.32. The highest BCUT2D eigenvalue weighted by Gasteiger charge is 2.32. The molecule has 0 spiro atoms. The van der Waals surface area contributed by atoms with E-state index in [0.717, 1.165) is 27.4 Å². The number of nitrogens with one attached hydrogen (secondary N) is 1. The van der Waals surface area contributed by atoms with Crippen LogP contribution in [0.25, 0.3) is 33.1 Å². The number of aromatic nitrogens is 1. The van der Waals surface area contributed by atoms with Crippen molar-refractivity contribution in [1.29, 1.82) is 0 Å². The minimum absolute atomic E-state index is 0.213. The van der Waals surface area contributed by atoms with Crippen molar-refractivity contribution in [3.05, 3.63) is 83.0 Å². The second-order valence-electron chi connectivity index (χ2n) is 9.29. The van der Waals surface area contributed by atoms with Gasteiger partial charge >= 0.3 is 5.97 Å². The van der Waals surface area contributed by atoms with Crippen LogP contribution in [0.1, 0.15) is 31.9 Å². The summed E-state index contributed by atoms with van der Waals surface area (Å²) in [5.41, 5.74) is 2.49. The number of carbonyl (C=O) groups excluding carboxylic acids is 2. The summed E-state index contributed by atoms with van der Waals surface area (Å²) in [7, 11) is 0. The highest BCUT2D eigenvalue weighted by atomic mass is 32.1. The summed E-state index contributed by atoms with van der Waals surface area (Å²) in [5.74, 6) is -0.417. The van der Waals surface area contributed by atoms with E-state index in [1.54, 1.807) is 44.3 Å². The van der Waals surface area contributed by atoms with Crippen LogP contribution in [0.2, 0.25) is 0 Å². The SMILES string of the molecule is CC(C)(C)OC(=O)CN1C(=O)/C(=C/c2c[nH]c3ccccc23)N=C1/C=C/c1csc2ccccc12. The molecular weight excluding hydrogens is 458 g/mol. The molecule has 0 radical (unpaired) electrons. The lowest BCUT2D eigenvalue weighted by Gasteiger charge is -2.22. The molecule has 0 unspecified atom stereocenters. The monoisotopic (exact) mass is 483 g/mol. The van der Waals surface area contributed by atoms with Gasteiger partial charge in [-0.1, -0.05) is 36.4 Å². The number of esters is 1. The van der Waals surface area contributed by atoms with E-state index in [-0.39, 0.29) is 18.1 Å². The number of ether oxygens (including phenoxy) is 1. The van der Waals surface area contributed by atoms with Gasteiger partial charge < -0.3 is 9.72 Å². The van der Waals surface area contributed by atoms with Crippen molar-refractivity contribution in [2.45, 2.75) is 26.4 Å². The smallest absolute Gasteiger partial charge is 0.326 e. The first-order chi connectivity index (χ1) is 16.8. The van der Waals surface area contributed by atoms with Crippen LogP contribution in [0.4, 0.5) is 0 Å². The standard InChI is InChI=1S/C28H25N3O3S/c1-28(2,3)34-26(32)16-31-25(13-12-18-17-35-24-11-7-5-9-21(18)24)30-23(27(31)33)14-19-15-29-22-10-6-4-8-20(19)22/h4-15,17,29H,16H2,1-3H3/b13-12+,23-14-. The summed E-state index contributed by atoms with van der Waals surface area (Å²) < 4.78 is 6.65. The summed E-state index contributed by atoms with van der Waals surface area (Å²) in [6, 6.07) is 16.0. The van der Waals surface area contributed by atoms with E-state index in [2.05, 4.69) is 27.5 Å². The van der Waals surface area contributed by atoms with E-state index in [1.165, 1.54) is 9.60 Å². The van der Waals surface area contributed by atoms with E-state index >= 15 is 0 Å². The zero-order valence-electron chi connectivity index (χ0n) is 19.7. The van der Waals surface area contributed by atoms with Crippen molar-refractivity contribution >= 4 is 62.2 Å². The van der Waals surface area contributed by atoms with Crippen LogP contribution in [-0.4, -0.2) is 39.7 Å². The number of aliphatic imine (C=N–C) groups is 1. The van der Waals surface area contributed by atoms with Gasteiger partial charge in [-0.3, -0.25) is 14.5 Å². The average molecular weight is 484 g/mol. The Bertz CT molecular complexity index is 1530. The predicted octanol–water partition coefficient (Wildman–Crippen LogP) is 6.02. The van der Waals surface area contributed by atoms with Gasteiger partial charge in [-0.2, -0.15) is 0 Å². The van der Waals surface area contributed by atoms with E-state index in [1.807, 2.05) is 48.7 Å². The zero-order valence-corrected chi connectivity index (χ0v) is 20.6. The lowest BCUT2D eigenvalue weighted by atomic mass is 10.1. The Balaban J connectivity index is 1.50. The van der Waals surface area contributed by atoms with Crippen LogP contribution in [0.15, 0.2) is 76.9 Å². The third-order valence-electron chi connectivity index (χ3n) is 5.52. The summed E-state index contributed by atoms with van der Waals surface area (Å²) in [6.45, 7) is 5.19. The number of amides is 1. The first-order valence-electron chi connectivity index (χ1n) is 11.3. The van der Waals surface area contributed by atoms with E-state index in [0.29, 0.717) is 5.84 Å². The number of aromatic amines is 1. The van der Waals surface area contributed by atoms with Gasteiger partial charge in [0, 0.05) is 27.4 Å². The molecule has 1 amide bonds. The van der Waals surface area contributed by atoms with E-state index in [9.17, 15) is 9.59 Å². The number of fused-ring (bicyclic) bond motifs is 2. The maximum absolute atomic E-state index is 13.3. The number of H-pyrrole nitrogens is 1. The van der Waals surface area contributed by atoms with Crippen LogP contribution in [0.5, 0.6) is 0 Å². The number of para-hydroxylation sites is 1. The Labute approximate surface area is 207 Å². The highest BCUT2D eigenvalue weighted by Crippen LogP contribution is 2.28. The van der Waals surface area contributed by atoms with Gasteiger partial charge in [0.25, 0.3) is 5.91 Å². The Morgan fingerprint density at radius 2 is 1.80 bits per heavy atom. The molecule has 0 saturated carbocycles. The molecule has 5 rings (SSSR count). The van der Waals surface area contributed by atoms with Crippen molar-refractivity contribution in [3.8, 4) is 0 Å². The molecule has 176 valence electrons. The molecule has 0 bridgehead atoms. The van der Waals surface area contributed by atoms with Crippen molar-refractivity contribution in [2.75, 3.05) is 6.54 Å². The van der Waals surface area contributed by atoms with E-state index < -0.39 is 11.6 Å². The van der Waals surface area contributed by atoms with Gasteiger partial charge in [-0.25, -0.2) is 4.99 Å². The molecule has 1 N–H and O–H groups in total. The molecule has 1 aliphatic rings. The lowest BCUT2D eigenvalue weighted by molar-refractivity contribution is -0.156. The molecule has 0 atom stereocenters. The van der Waals surface area contributed by atoms with Crippen LogP contribution in [-0.2, 0) is 14.3 Å². The number of thiophene rings is 1. The number of hydrogen-bond acceptors (Lipinski definition) is 5. The first kappa shape index (κ1) is 22.8. The summed E-state index contributed by atoms with van der Waals surface area (Å²) >= 11 is 1.66. The van der Waals surface area contributed by atoms with Gasteiger partial charge in [-0.15, -0.1) is 11.3 Å². The van der Waals surface area contributed by atoms with Crippen molar-refractivity contribution in [1.82, 2.24) is 9.88 Å². The van der Waals surface area contributed by atoms with Gasteiger partial charge in [0.15, 0.2) is 0 Å². The number of nitrogens with zero attached hydrogens (tertiary/aromatic N) is 2. The van der Waals surface area contributed by atoms with Crippen LogP contribution in [0.3, 0.4) is 0 Å². The molecule has 2 aromatic carbocycles. The molecule has 6 nitrogen and oxygen atoms in total. The third-order valence-corrected chi connectivity index (χ3v) is 6.50. The molecule has 0 aliphatic carbocycles. The second-order valence-corrected chi connectivity index (χ2v) is 10.2. The van der Waals surface area contributed by atoms with Crippen LogP contribution < -0.4 is 0 Å². The minimum atomic E-state index is -0.648. The summed E-state index contributed by atoms with van der Waals surface area (Å²) in [5, 5.41) is 4.20. The summed E-state index contributed by atoms with van der Waals surface area (Å²) in [4.78, 5) is 35.1. The molecule has 3 heterocycles. The minimum Gasteiger partial charge on any atom is -0.459 e. The van der Waals surface area contributed by atoms with Crippen molar-refractivity contribution in [3.63, 3.8) is 0 Å². The number of rotatable bonds is 5. The number of amidine groups is 1. The fourth-order valence-corrected chi connectivity index (χ4v) is 4.93. The van der Waals surface area contributed by atoms with Gasteiger partial charge in [-0.05, 0) is 67.5 Å². The predicted molar refractivity (Wildman–Crippen MR) is 142 cm³/mol. The maximum Gasteiger partial charge on any atom is 0.326 e. The molecule has 0 saturated heterocycles. The van der Waals surface area contributed by atoms with Crippen LogP contribution in [0, 0.1) is 0 Å². The Kier molecular flexibility index (Phi) is 5.86. The zero-order chi connectivity index (χ0) is 24.6. The number of carbonyl (C=O) groups is 2. The molecule has 7 heteroatoms. The first-order valence-corrected chi connectivity index (χ1v) is 12.2. The van der Waals surface area contributed by atoms with Gasteiger partial charge in [0.2, 0.25) is 0 Å². The molecule has 0 fully saturated rings.